The first-order chi connectivity index (χ1) is 9.99. The predicted molar refractivity (Wildman–Crippen MR) is 73.0 cm³/mol. The van der Waals surface area contributed by atoms with Crippen LogP contribution in [0.25, 0.3) is 0 Å². The molecule has 0 bridgehead atoms. The molecule has 8 heteroatoms. The molecule has 1 aromatic heterocycles. The first-order valence-electron chi connectivity index (χ1n) is 6.31. The Morgan fingerprint density at radius 2 is 1.95 bits per heavy atom. The molecular formula is C13H14ClF3N4. The Kier molecular flexibility index (Phi) is 4.87. The van der Waals surface area contributed by atoms with Gasteiger partial charge in [0.2, 0.25) is 0 Å². The van der Waals surface area contributed by atoms with Gasteiger partial charge in [0, 0.05) is 6.54 Å². The summed E-state index contributed by atoms with van der Waals surface area (Å²) in [5.74, 6) is 1.38. The third-order valence-corrected chi connectivity index (χ3v) is 3.34. The fourth-order valence-electron chi connectivity index (χ4n) is 2.12. The van der Waals surface area contributed by atoms with Gasteiger partial charge in [0.05, 0.1) is 23.0 Å². The maximum absolute atomic E-state index is 13.4. The van der Waals surface area contributed by atoms with E-state index in [0.29, 0.717) is 17.3 Å². The van der Waals surface area contributed by atoms with Crippen LogP contribution in [0.5, 0.6) is 0 Å². The molecule has 0 aliphatic carbocycles. The quantitative estimate of drug-likeness (QED) is 0.506. The number of nitrogens with one attached hydrogen (secondary N) is 1. The van der Waals surface area contributed by atoms with Gasteiger partial charge in [-0.2, -0.15) is 5.10 Å². The second kappa shape index (κ2) is 6.46. The number of hydrazine groups is 1. The van der Waals surface area contributed by atoms with Crippen molar-refractivity contribution in [3.05, 3.63) is 52.1 Å². The van der Waals surface area contributed by atoms with Crippen molar-refractivity contribution in [1.82, 2.24) is 15.2 Å². The number of rotatable bonds is 5. The van der Waals surface area contributed by atoms with Crippen LogP contribution in [0.15, 0.2) is 18.3 Å². The highest BCUT2D eigenvalue weighted by molar-refractivity contribution is 6.31. The highest BCUT2D eigenvalue weighted by atomic mass is 35.5. The number of aryl methyl sites for hydroxylation is 1. The average Bonchev–Trinajstić information content (AvgIpc) is 2.79. The van der Waals surface area contributed by atoms with E-state index in [2.05, 4.69) is 10.5 Å². The monoisotopic (exact) mass is 318 g/mol. The second-order valence-corrected chi connectivity index (χ2v) is 4.91. The molecule has 3 N–H and O–H groups in total. The normalized spacial score (nSPS) is 12.7. The summed E-state index contributed by atoms with van der Waals surface area (Å²) in [4.78, 5) is 0. The van der Waals surface area contributed by atoms with Crippen LogP contribution in [0.3, 0.4) is 0 Å². The van der Waals surface area contributed by atoms with Crippen LogP contribution in [-0.2, 0) is 6.54 Å². The molecule has 0 saturated carbocycles. The second-order valence-electron chi connectivity index (χ2n) is 4.50. The Morgan fingerprint density at radius 1 is 1.33 bits per heavy atom. The van der Waals surface area contributed by atoms with Gasteiger partial charge in [0.1, 0.15) is 0 Å². The predicted octanol–water partition coefficient (Wildman–Crippen LogP) is 2.92. The standard InChI is InChI=1S/C13H14ClF3N4/c1-2-3-21-13(8(14)6-19-21)12(20-18)7-4-9(15)11(17)10(16)5-7/h4-6,12,20H,2-3,18H2,1H3. The molecule has 1 atom stereocenters. The van der Waals surface area contributed by atoms with E-state index in [4.69, 9.17) is 17.4 Å². The van der Waals surface area contributed by atoms with E-state index < -0.39 is 23.5 Å². The smallest absolute Gasteiger partial charge is 0.194 e. The van der Waals surface area contributed by atoms with Crippen molar-refractivity contribution in [3.8, 4) is 0 Å². The molecule has 1 heterocycles. The Balaban J connectivity index is 2.52. The zero-order valence-corrected chi connectivity index (χ0v) is 12.0. The van der Waals surface area contributed by atoms with E-state index in [1.54, 1.807) is 4.68 Å². The minimum absolute atomic E-state index is 0.119. The van der Waals surface area contributed by atoms with Crippen LogP contribution in [0.4, 0.5) is 13.2 Å². The summed E-state index contributed by atoms with van der Waals surface area (Å²) in [6.45, 7) is 2.51. The lowest BCUT2D eigenvalue weighted by Gasteiger charge is -2.19. The molecule has 0 fully saturated rings. The first-order valence-corrected chi connectivity index (χ1v) is 6.69. The zero-order valence-electron chi connectivity index (χ0n) is 11.2. The molecule has 2 rings (SSSR count). The van der Waals surface area contributed by atoms with Gasteiger partial charge >= 0.3 is 0 Å². The van der Waals surface area contributed by atoms with Gasteiger partial charge in [-0.25, -0.2) is 18.6 Å². The minimum Gasteiger partial charge on any atom is -0.271 e. The van der Waals surface area contributed by atoms with Gasteiger partial charge < -0.3 is 0 Å². The number of hydrogen-bond acceptors (Lipinski definition) is 3. The third-order valence-electron chi connectivity index (χ3n) is 3.05. The average molecular weight is 319 g/mol. The molecule has 0 aliphatic rings. The summed E-state index contributed by atoms with van der Waals surface area (Å²) in [7, 11) is 0. The molecule has 21 heavy (non-hydrogen) atoms. The summed E-state index contributed by atoms with van der Waals surface area (Å²) in [6, 6.07) is 0.946. The SMILES string of the molecule is CCCn1ncc(Cl)c1C(NN)c1cc(F)c(F)c(F)c1. The largest absolute Gasteiger partial charge is 0.271 e. The van der Waals surface area contributed by atoms with Gasteiger partial charge in [0.25, 0.3) is 0 Å². The van der Waals surface area contributed by atoms with Crippen molar-refractivity contribution in [1.29, 1.82) is 0 Å². The van der Waals surface area contributed by atoms with Crippen molar-refractivity contribution in [3.63, 3.8) is 0 Å². The summed E-state index contributed by atoms with van der Waals surface area (Å²) in [5, 5.41) is 4.39. The highest BCUT2D eigenvalue weighted by Gasteiger charge is 2.23. The van der Waals surface area contributed by atoms with Crippen LogP contribution < -0.4 is 11.3 Å². The van der Waals surface area contributed by atoms with Gasteiger partial charge in [-0.15, -0.1) is 0 Å². The highest BCUT2D eigenvalue weighted by Crippen LogP contribution is 2.29. The minimum atomic E-state index is -1.53. The first kappa shape index (κ1) is 15.8. The van der Waals surface area contributed by atoms with E-state index in [9.17, 15) is 13.2 Å². The van der Waals surface area contributed by atoms with Crippen molar-refractivity contribution in [2.75, 3.05) is 0 Å². The van der Waals surface area contributed by atoms with Crippen molar-refractivity contribution in [2.24, 2.45) is 5.84 Å². The molecule has 1 aromatic carbocycles. The van der Waals surface area contributed by atoms with Gasteiger partial charge in [-0.1, -0.05) is 18.5 Å². The summed E-state index contributed by atoms with van der Waals surface area (Å²) in [6.07, 6.45) is 2.21. The summed E-state index contributed by atoms with van der Waals surface area (Å²) < 4.78 is 41.4. The number of nitrogens with zero attached hydrogens (tertiary/aromatic N) is 2. The van der Waals surface area contributed by atoms with Crippen molar-refractivity contribution in [2.45, 2.75) is 25.9 Å². The zero-order chi connectivity index (χ0) is 15.6. The number of benzene rings is 1. The third kappa shape index (κ3) is 3.04. The fraction of sp³-hybridized carbons (Fsp3) is 0.308. The van der Waals surface area contributed by atoms with Crippen LogP contribution >= 0.6 is 11.6 Å². The molecule has 0 spiro atoms. The van der Waals surface area contributed by atoms with E-state index in [-0.39, 0.29) is 5.56 Å². The van der Waals surface area contributed by atoms with Crippen LogP contribution in [0.2, 0.25) is 5.02 Å². The number of hydrogen-bond donors (Lipinski definition) is 2. The maximum atomic E-state index is 13.4. The van der Waals surface area contributed by atoms with Gasteiger partial charge in [-0.05, 0) is 24.1 Å². The number of aromatic nitrogens is 2. The Bertz CT molecular complexity index is 621. The molecule has 2 aromatic rings. The van der Waals surface area contributed by atoms with Gasteiger partial charge in [-0.3, -0.25) is 10.5 Å². The Morgan fingerprint density at radius 3 is 2.48 bits per heavy atom. The molecule has 0 aliphatic heterocycles. The van der Waals surface area contributed by atoms with Crippen molar-refractivity contribution < 1.29 is 13.2 Å². The van der Waals surface area contributed by atoms with Crippen molar-refractivity contribution >= 4 is 11.6 Å². The van der Waals surface area contributed by atoms with E-state index >= 15 is 0 Å². The van der Waals surface area contributed by atoms with E-state index in [0.717, 1.165) is 18.6 Å². The Hall–Kier alpha value is -1.57. The van der Waals surface area contributed by atoms with Crippen LogP contribution in [0.1, 0.15) is 30.6 Å². The molecule has 0 amide bonds. The topological polar surface area (TPSA) is 55.9 Å². The van der Waals surface area contributed by atoms with Crippen LogP contribution in [-0.4, -0.2) is 9.78 Å². The maximum Gasteiger partial charge on any atom is 0.194 e. The fourth-order valence-corrected chi connectivity index (χ4v) is 2.37. The Labute approximate surface area is 124 Å². The molecule has 0 radical (unpaired) electrons. The summed E-state index contributed by atoms with van der Waals surface area (Å²) in [5.41, 5.74) is 3.02. The lowest BCUT2D eigenvalue weighted by molar-refractivity contribution is 0.440. The molecule has 0 saturated heterocycles. The number of halogens is 4. The van der Waals surface area contributed by atoms with E-state index in [1.165, 1.54) is 6.20 Å². The molecule has 114 valence electrons. The van der Waals surface area contributed by atoms with Crippen LogP contribution in [0, 0.1) is 17.5 Å². The molecule has 4 nitrogen and oxygen atoms in total. The lowest BCUT2D eigenvalue weighted by atomic mass is 10.0. The molecular weight excluding hydrogens is 305 g/mol. The summed E-state index contributed by atoms with van der Waals surface area (Å²) >= 11 is 6.07. The lowest BCUT2D eigenvalue weighted by Crippen LogP contribution is -2.31. The van der Waals surface area contributed by atoms with E-state index in [1.807, 2.05) is 6.92 Å². The molecule has 1 unspecified atom stereocenters. The number of nitrogens with two attached hydrogens (primary N) is 1. The van der Waals surface area contributed by atoms with Gasteiger partial charge in [0.15, 0.2) is 17.5 Å².